The summed E-state index contributed by atoms with van der Waals surface area (Å²) in [5.41, 5.74) is 1.46. The van der Waals surface area contributed by atoms with Gasteiger partial charge in [-0.2, -0.15) is 0 Å². The van der Waals surface area contributed by atoms with E-state index in [0.717, 1.165) is 5.92 Å². The first-order chi connectivity index (χ1) is 5.95. The van der Waals surface area contributed by atoms with Gasteiger partial charge in [0.05, 0.1) is 0 Å². The standard InChI is InChI=1S/C11H15N/c1-2-4-10(3-1)9-11-5-7-12-8-6-11/h5-8,10H,1-4,9H2. The van der Waals surface area contributed by atoms with Crippen LogP contribution in [0.3, 0.4) is 0 Å². The molecule has 1 aromatic heterocycles. The van der Waals surface area contributed by atoms with Crippen molar-refractivity contribution in [1.29, 1.82) is 0 Å². The third kappa shape index (κ3) is 1.84. The smallest absolute Gasteiger partial charge is 0.0270 e. The van der Waals surface area contributed by atoms with Crippen LogP contribution in [0.15, 0.2) is 24.5 Å². The molecule has 0 aliphatic heterocycles. The SMILES string of the molecule is c1cc(CC2CCCC2)ccn1. The molecular formula is C11H15N. The summed E-state index contributed by atoms with van der Waals surface area (Å²) in [6.07, 6.45) is 10.8. The van der Waals surface area contributed by atoms with E-state index in [1.54, 1.807) is 0 Å². The van der Waals surface area contributed by atoms with Gasteiger partial charge in [0.15, 0.2) is 0 Å². The van der Waals surface area contributed by atoms with Crippen molar-refractivity contribution < 1.29 is 0 Å². The van der Waals surface area contributed by atoms with E-state index in [1.807, 2.05) is 12.4 Å². The van der Waals surface area contributed by atoms with E-state index >= 15 is 0 Å². The summed E-state index contributed by atoms with van der Waals surface area (Å²) in [6, 6.07) is 4.27. The number of pyridine rings is 1. The molecule has 0 spiro atoms. The number of aromatic nitrogens is 1. The highest BCUT2D eigenvalue weighted by Crippen LogP contribution is 2.27. The van der Waals surface area contributed by atoms with Gasteiger partial charge >= 0.3 is 0 Å². The summed E-state index contributed by atoms with van der Waals surface area (Å²) in [5.74, 6) is 0.951. The molecule has 1 heteroatoms. The highest BCUT2D eigenvalue weighted by molar-refractivity contribution is 5.10. The molecule has 1 saturated carbocycles. The van der Waals surface area contributed by atoms with E-state index in [4.69, 9.17) is 0 Å². The molecule has 1 aliphatic carbocycles. The van der Waals surface area contributed by atoms with Crippen LogP contribution in [0, 0.1) is 5.92 Å². The summed E-state index contributed by atoms with van der Waals surface area (Å²) in [5, 5.41) is 0. The maximum absolute atomic E-state index is 4.02. The minimum Gasteiger partial charge on any atom is -0.265 e. The van der Waals surface area contributed by atoms with Gasteiger partial charge in [-0.05, 0) is 30.0 Å². The topological polar surface area (TPSA) is 12.9 Å². The number of rotatable bonds is 2. The Kier molecular flexibility index (Phi) is 2.40. The monoisotopic (exact) mass is 161 g/mol. The van der Waals surface area contributed by atoms with E-state index in [2.05, 4.69) is 17.1 Å². The van der Waals surface area contributed by atoms with Crippen molar-refractivity contribution in [2.75, 3.05) is 0 Å². The lowest BCUT2D eigenvalue weighted by Crippen LogP contribution is -1.98. The van der Waals surface area contributed by atoms with Gasteiger partial charge in [-0.15, -0.1) is 0 Å². The van der Waals surface area contributed by atoms with Gasteiger partial charge in [0.1, 0.15) is 0 Å². The van der Waals surface area contributed by atoms with Crippen molar-refractivity contribution in [3.63, 3.8) is 0 Å². The lowest BCUT2D eigenvalue weighted by Gasteiger charge is -2.07. The van der Waals surface area contributed by atoms with Crippen LogP contribution in [0.2, 0.25) is 0 Å². The lowest BCUT2D eigenvalue weighted by atomic mass is 9.99. The van der Waals surface area contributed by atoms with Crippen LogP contribution in [-0.2, 0) is 6.42 Å². The third-order valence-electron chi connectivity index (χ3n) is 2.75. The molecule has 0 aromatic carbocycles. The largest absolute Gasteiger partial charge is 0.265 e. The quantitative estimate of drug-likeness (QED) is 0.650. The molecule has 0 unspecified atom stereocenters. The zero-order valence-corrected chi connectivity index (χ0v) is 7.37. The van der Waals surface area contributed by atoms with Gasteiger partial charge in [-0.3, -0.25) is 4.98 Å². The van der Waals surface area contributed by atoms with E-state index in [0.29, 0.717) is 0 Å². The first kappa shape index (κ1) is 7.78. The summed E-state index contributed by atoms with van der Waals surface area (Å²) >= 11 is 0. The minimum atomic E-state index is 0.951. The van der Waals surface area contributed by atoms with Crippen molar-refractivity contribution in [2.45, 2.75) is 32.1 Å². The molecule has 1 aromatic rings. The van der Waals surface area contributed by atoms with Crippen LogP contribution in [-0.4, -0.2) is 4.98 Å². The molecule has 1 heterocycles. The second kappa shape index (κ2) is 3.70. The molecule has 0 radical (unpaired) electrons. The average Bonchev–Trinajstić information content (AvgIpc) is 2.59. The van der Waals surface area contributed by atoms with Gasteiger partial charge in [0.25, 0.3) is 0 Å². The summed E-state index contributed by atoms with van der Waals surface area (Å²) in [4.78, 5) is 4.02. The number of hydrogen-bond acceptors (Lipinski definition) is 1. The predicted octanol–water partition coefficient (Wildman–Crippen LogP) is 2.81. The Hall–Kier alpha value is -0.850. The van der Waals surface area contributed by atoms with Gasteiger partial charge < -0.3 is 0 Å². The van der Waals surface area contributed by atoms with E-state index in [-0.39, 0.29) is 0 Å². The number of hydrogen-bond donors (Lipinski definition) is 0. The summed E-state index contributed by atoms with van der Waals surface area (Å²) in [6.45, 7) is 0. The molecular weight excluding hydrogens is 146 g/mol. The van der Waals surface area contributed by atoms with Crippen LogP contribution >= 0.6 is 0 Å². The molecule has 64 valence electrons. The Morgan fingerprint density at radius 3 is 2.50 bits per heavy atom. The molecule has 0 bridgehead atoms. The average molecular weight is 161 g/mol. The summed E-state index contributed by atoms with van der Waals surface area (Å²) < 4.78 is 0. The fourth-order valence-corrected chi connectivity index (χ4v) is 2.07. The molecule has 0 N–H and O–H groups in total. The molecule has 0 atom stereocenters. The normalized spacial score (nSPS) is 18.3. The first-order valence-electron chi connectivity index (χ1n) is 4.84. The maximum Gasteiger partial charge on any atom is 0.0270 e. The molecule has 12 heavy (non-hydrogen) atoms. The van der Waals surface area contributed by atoms with Crippen LogP contribution in [0.4, 0.5) is 0 Å². The maximum atomic E-state index is 4.02. The lowest BCUT2D eigenvalue weighted by molar-refractivity contribution is 0.546. The van der Waals surface area contributed by atoms with Crippen LogP contribution < -0.4 is 0 Å². The predicted molar refractivity (Wildman–Crippen MR) is 49.9 cm³/mol. The Bertz CT molecular complexity index is 224. The second-order valence-electron chi connectivity index (χ2n) is 3.71. The van der Waals surface area contributed by atoms with Gasteiger partial charge in [-0.25, -0.2) is 0 Å². The highest BCUT2D eigenvalue weighted by Gasteiger charge is 2.14. The van der Waals surface area contributed by atoms with E-state index in [9.17, 15) is 0 Å². The Morgan fingerprint density at radius 1 is 1.17 bits per heavy atom. The van der Waals surface area contributed by atoms with Crippen molar-refractivity contribution in [3.05, 3.63) is 30.1 Å². The fraction of sp³-hybridized carbons (Fsp3) is 0.545. The van der Waals surface area contributed by atoms with Crippen molar-refractivity contribution in [3.8, 4) is 0 Å². The van der Waals surface area contributed by atoms with Crippen molar-refractivity contribution in [1.82, 2.24) is 4.98 Å². The van der Waals surface area contributed by atoms with Crippen LogP contribution in [0.1, 0.15) is 31.2 Å². The van der Waals surface area contributed by atoms with E-state index < -0.39 is 0 Å². The Balaban J connectivity index is 1.94. The Morgan fingerprint density at radius 2 is 1.83 bits per heavy atom. The highest BCUT2D eigenvalue weighted by atomic mass is 14.6. The molecule has 1 fully saturated rings. The zero-order valence-electron chi connectivity index (χ0n) is 7.37. The van der Waals surface area contributed by atoms with Gasteiger partial charge in [0, 0.05) is 12.4 Å². The van der Waals surface area contributed by atoms with Gasteiger partial charge in [0.2, 0.25) is 0 Å². The third-order valence-corrected chi connectivity index (χ3v) is 2.75. The zero-order chi connectivity index (χ0) is 8.23. The first-order valence-corrected chi connectivity index (χ1v) is 4.84. The molecule has 0 amide bonds. The molecule has 2 rings (SSSR count). The number of nitrogens with zero attached hydrogens (tertiary/aromatic N) is 1. The van der Waals surface area contributed by atoms with Crippen molar-refractivity contribution in [2.24, 2.45) is 5.92 Å². The minimum absolute atomic E-state index is 0.951. The fourth-order valence-electron chi connectivity index (χ4n) is 2.07. The summed E-state index contributed by atoms with van der Waals surface area (Å²) in [7, 11) is 0. The van der Waals surface area contributed by atoms with Crippen molar-refractivity contribution >= 4 is 0 Å². The molecule has 1 nitrogen and oxygen atoms in total. The van der Waals surface area contributed by atoms with Crippen LogP contribution in [0.5, 0.6) is 0 Å². The van der Waals surface area contributed by atoms with Gasteiger partial charge in [-0.1, -0.05) is 25.7 Å². The molecule has 1 aliphatic rings. The van der Waals surface area contributed by atoms with Crippen LogP contribution in [0.25, 0.3) is 0 Å². The molecule has 0 saturated heterocycles. The van der Waals surface area contributed by atoms with E-state index in [1.165, 1.54) is 37.7 Å². The second-order valence-corrected chi connectivity index (χ2v) is 3.71. The Labute approximate surface area is 73.8 Å².